The molecular formula is C14H17ClF2N2O. The van der Waals surface area contributed by atoms with Gasteiger partial charge in [-0.3, -0.25) is 4.79 Å². The van der Waals surface area contributed by atoms with Gasteiger partial charge in [-0.25, -0.2) is 8.78 Å². The lowest BCUT2D eigenvalue weighted by molar-refractivity contribution is -0.123. The standard InChI is InChI=1S/C14H16F2N2O.ClH/c15-8-1-2-13(16)11(5-8)10-6-12(10)14(19)18-9-3-4-17-7-9;/h1-2,5,9-10,12,17H,3-4,6-7H2,(H,18,19);1H. The molecule has 6 heteroatoms. The zero-order valence-corrected chi connectivity index (χ0v) is 11.7. The molecular weight excluding hydrogens is 286 g/mol. The molecule has 2 aliphatic rings. The van der Waals surface area contributed by atoms with E-state index in [1.807, 2.05) is 0 Å². The van der Waals surface area contributed by atoms with Crippen LogP contribution in [0.15, 0.2) is 18.2 Å². The molecule has 1 aromatic rings. The van der Waals surface area contributed by atoms with E-state index in [0.717, 1.165) is 31.6 Å². The van der Waals surface area contributed by atoms with E-state index in [1.165, 1.54) is 6.07 Å². The smallest absolute Gasteiger partial charge is 0.224 e. The molecule has 0 radical (unpaired) electrons. The second-order valence-electron chi connectivity index (χ2n) is 5.31. The minimum atomic E-state index is -0.456. The highest BCUT2D eigenvalue weighted by atomic mass is 35.5. The molecule has 2 fully saturated rings. The van der Waals surface area contributed by atoms with E-state index in [4.69, 9.17) is 0 Å². The molecule has 110 valence electrons. The van der Waals surface area contributed by atoms with Gasteiger partial charge in [0.05, 0.1) is 0 Å². The average Bonchev–Trinajstić information content (AvgIpc) is 3.03. The molecule has 3 atom stereocenters. The molecule has 1 amide bonds. The van der Waals surface area contributed by atoms with Crippen molar-refractivity contribution in [2.45, 2.75) is 24.8 Å². The van der Waals surface area contributed by atoms with Gasteiger partial charge in [-0.15, -0.1) is 12.4 Å². The lowest BCUT2D eigenvalue weighted by Gasteiger charge is -2.11. The number of amides is 1. The van der Waals surface area contributed by atoms with Gasteiger partial charge in [-0.1, -0.05) is 0 Å². The van der Waals surface area contributed by atoms with Gasteiger partial charge in [0.15, 0.2) is 0 Å². The van der Waals surface area contributed by atoms with Crippen LogP contribution in [0, 0.1) is 17.6 Å². The second-order valence-corrected chi connectivity index (χ2v) is 5.31. The van der Waals surface area contributed by atoms with Gasteiger partial charge < -0.3 is 10.6 Å². The van der Waals surface area contributed by atoms with Gasteiger partial charge in [0.1, 0.15) is 11.6 Å². The predicted molar refractivity (Wildman–Crippen MR) is 73.9 cm³/mol. The van der Waals surface area contributed by atoms with E-state index < -0.39 is 11.6 Å². The Morgan fingerprint density at radius 3 is 2.85 bits per heavy atom. The van der Waals surface area contributed by atoms with Gasteiger partial charge in [0.25, 0.3) is 0 Å². The Labute approximate surface area is 122 Å². The van der Waals surface area contributed by atoms with Crippen molar-refractivity contribution in [3.63, 3.8) is 0 Å². The van der Waals surface area contributed by atoms with Crippen LogP contribution in [0.25, 0.3) is 0 Å². The molecule has 20 heavy (non-hydrogen) atoms. The average molecular weight is 303 g/mol. The van der Waals surface area contributed by atoms with Crippen LogP contribution in [0.1, 0.15) is 24.3 Å². The van der Waals surface area contributed by atoms with Crippen LogP contribution >= 0.6 is 12.4 Å². The minimum absolute atomic E-state index is 0. The molecule has 2 N–H and O–H groups in total. The molecule has 1 aromatic carbocycles. The number of halogens is 3. The zero-order valence-electron chi connectivity index (χ0n) is 10.9. The molecule has 0 aromatic heterocycles. The van der Waals surface area contributed by atoms with Crippen molar-refractivity contribution < 1.29 is 13.6 Å². The van der Waals surface area contributed by atoms with Gasteiger partial charge in [-0.2, -0.15) is 0 Å². The Bertz CT molecular complexity index is 506. The highest BCUT2D eigenvalue weighted by Crippen LogP contribution is 2.48. The third-order valence-corrected chi connectivity index (χ3v) is 3.89. The summed E-state index contributed by atoms with van der Waals surface area (Å²) in [5, 5.41) is 6.13. The maximum atomic E-state index is 13.6. The van der Waals surface area contributed by atoms with Gasteiger partial charge in [0, 0.05) is 18.5 Å². The lowest BCUT2D eigenvalue weighted by Crippen LogP contribution is -2.37. The third kappa shape index (κ3) is 3.10. The maximum absolute atomic E-state index is 13.6. The minimum Gasteiger partial charge on any atom is -0.352 e. The van der Waals surface area contributed by atoms with Gasteiger partial charge >= 0.3 is 0 Å². The van der Waals surface area contributed by atoms with Gasteiger partial charge in [0.2, 0.25) is 5.91 Å². The summed E-state index contributed by atoms with van der Waals surface area (Å²) in [7, 11) is 0. The van der Waals surface area contributed by atoms with Crippen LogP contribution in [0.5, 0.6) is 0 Å². The van der Waals surface area contributed by atoms with Crippen molar-refractivity contribution in [3.8, 4) is 0 Å². The zero-order chi connectivity index (χ0) is 13.4. The Morgan fingerprint density at radius 2 is 2.15 bits per heavy atom. The number of carbonyl (C=O) groups excluding carboxylic acids is 1. The van der Waals surface area contributed by atoms with E-state index >= 15 is 0 Å². The molecule has 1 aliphatic heterocycles. The van der Waals surface area contributed by atoms with Crippen molar-refractivity contribution in [3.05, 3.63) is 35.4 Å². The molecule has 1 aliphatic carbocycles. The van der Waals surface area contributed by atoms with E-state index in [1.54, 1.807) is 0 Å². The summed E-state index contributed by atoms with van der Waals surface area (Å²) in [5.74, 6) is -1.31. The Balaban J connectivity index is 0.00000147. The lowest BCUT2D eigenvalue weighted by atomic mass is 10.1. The number of rotatable bonds is 3. The highest BCUT2D eigenvalue weighted by molar-refractivity contribution is 5.85. The number of nitrogens with one attached hydrogen (secondary N) is 2. The van der Waals surface area contributed by atoms with E-state index in [2.05, 4.69) is 10.6 Å². The van der Waals surface area contributed by atoms with Gasteiger partial charge in [-0.05, 0) is 49.1 Å². The summed E-state index contributed by atoms with van der Waals surface area (Å²) < 4.78 is 26.7. The third-order valence-electron chi connectivity index (χ3n) is 3.89. The molecule has 1 heterocycles. The molecule has 3 nitrogen and oxygen atoms in total. The van der Waals surface area contributed by atoms with E-state index in [0.29, 0.717) is 12.0 Å². The monoisotopic (exact) mass is 302 g/mol. The first kappa shape index (κ1) is 15.2. The van der Waals surface area contributed by atoms with Crippen molar-refractivity contribution in [2.24, 2.45) is 5.92 Å². The van der Waals surface area contributed by atoms with E-state index in [9.17, 15) is 13.6 Å². The molecule has 3 rings (SSSR count). The Kier molecular flexibility index (Phi) is 4.60. The fourth-order valence-electron chi connectivity index (χ4n) is 2.71. The largest absolute Gasteiger partial charge is 0.352 e. The topological polar surface area (TPSA) is 41.1 Å². The molecule has 3 unspecified atom stereocenters. The summed E-state index contributed by atoms with van der Waals surface area (Å²) in [4.78, 5) is 12.0. The maximum Gasteiger partial charge on any atom is 0.224 e. The number of hydrogen-bond donors (Lipinski definition) is 2. The number of hydrogen-bond acceptors (Lipinski definition) is 2. The quantitative estimate of drug-likeness (QED) is 0.896. The fraction of sp³-hybridized carbons (Fsp3) is 0.500. The summed E-state index contributed by atoms with van der Waals surface area (Å²) in [6.07, 6.45) is 1.53. The summed E-state index contributed by atoms with van der Waals surface area (Å²) >= 11 is 0. The van der Waals surface area contributed by atoms with E-state index in [-0.39, 0.29) is 36.2 Å². The molecule has 0 bridgehead atoms. The summed E-state index contributed by atoms with van der Waals surface area (Å²) in [6, 6.07) is 3.59. The second kappa shape index (κ2) is 6.06. The number of carbonyl (C=O) groups is 1. The fourth-order valence-corrected chi connectivity index (χ4v) is 2.71. The van der Waals surface area contributed by atoms with Crippen LogP contribution in [-0.4, -0.2) is 25.0 Å². The summed E-state index contributed by atoms with van der Waals surface area (Å²) in [6.45, 7) is 1.70. The van der Waals surface area contributed by atoms with Crippen molar-refractivity contribution in [1.82, 2.24) is 10.6 Å². The van der Waals surface area contributed by atoms with Crippen molar-refractivity contribution >= 4 is 18.3 Å². The number of benzene rings is 1. The summed E-state index contributed by atoms with van der Waals surface area (Å²) in [5.41, 5.74) is 0.324. The van der Waals surface area contributed by atoms with Crippen LogP contribution in [-0.2, 0) is 4.79 Å². The first-order chi connectivity index (χ1) is 9.15. The molecule has 0 spiro atoms. The normalized spacial score (nSPS) is 27.8. The van der Waals surface area contributed by atoms with Crippen LogP contribution in [0.3, 0.4) is 0 Å². The molecule has 1 saturated heterocycles. The predicted octanol–water partition coefficient (Wildman–Crippen LogP) is 1.97. The van der Waals surface area contributed by atoms with Crippen LogP contribution in [0.2, 0.25) is 0 Å². The highest BCUT2D eigenvalue weighted by Gasteiger charge is 2.45. The Hall–Kier alpha value is -1.20. The Morgan fingerprint density at radius 1 is 1.35 bits per heavy atom. The molecule has 1 saturated carbocycles. The first-order valence-corrected chi connectivity index (χ1v) is 6.61. The van der Waals surface area contributed by atoms with Crippen LogP contribution in [0.4, 0.5) is 8.78 Å². The SMILES string of the molecule is Cl.O=C(NC1CCNC1)C1CC1c1cc(F)ccc1F. The van der Waals surface area contributed by atoms with Crippen molar-refractivity contribution in [1.29, 1.82) is 0 Å². The van der Waals surface area contributed by atoms with Crippen LogP contribution < -0.4 is 10.6 Å². The first-order valence-electron chi connectivity index (χ1n) is 6.61. The van der Waals surface area contributed by atoms with Crippen molar-refractivity contribution in [2.75, 3.05) is 13.1 Å².